The lowest BCUT2D eigenvalue weighted by molar-refractivity contribution is 0.0696. The van der Waals surface area contributed by atoms with Gasteiger partial charge in [-0.1, -0.05) is 0 Å². The third kappa shape index (κ3) is 4.25. The number of nitrogens with one attached hydrogen (secondary N) is 1. The average Bonchev–Trinajstić information content (AvgIpc) is 2.43. The van der Waals surface area contributed by atoms with Gasteiger partial charge in [0.2, 0.25) is 0 Å². The van der Waals surface area contributed by atoms with Crippen LogP contribution in [0.3, 0.4) is 0 Å². The van der Waals surface area contributed by atoms with Crippen LogP contribution in [-0.2, 0) is 0 Å². The van der Waals surface area contributed by atoms with Crippen LogP contribution in [0.1, 0.15) is 20.7 Å². The monoisotopic (exact) mass is 620 g/mol. The molecule has 2 N–H and O–H groups in total. The van der Waals surface area contributed by atoms with Crippen LogP contribution in [0.25, 0.3) is 0 Å². The molecule has 0 atom stereocenters. The van der Waals surface area contributed by atoms with Crippen molar-refractivity contribution in [2.75, 3.05) is 5.32 Å². The maximum atomic E-state index is 12.3. The number of carbonyl (C=O) groups excluding carboxylic acids is 1. The number of anilines is 1. The Hall–Kier alpha value is -0.500. The zero-order valence-electron chi connectivity index (χ0n) is 10.2. The van der Waals surface area contributed by atoms with Crippen LogP contribution in [-0.4, -0.2) is 22.0 Å². The first-order chi connectivity index (χ1) is 9.88. The SMILES string of the molecule is O=C(O)c1ccc(NC(=O)c2cc(I)cc(I)c2I)nc1. The van der Waals surface area contributed by atoms with Gasteiger partial charge in [-0.25, -0.2) is 9.78 Å². The van der Waals surface area contributed by atoms with Crippen LogP contribution in [0.2, 0.25) is 0 Å². The predicted octanol–water partition coefficient (Wildman–Crippen LogP) is 3.85. The van der Waals surface area contributed by atoms with Gasteiger partial charge in [-0.15, -0.1) is 0 Å². The summed E-state index contributed by atoms with van der Waals surface area (Å²) in [5.41, 5.74) is 0.641. The number of halogens is 3. The van der Waals surface area contributed by atoms with Gasteiger partial charge in [0.05, 0.1) is 11.1 Å². The van der Waals surface area contributed by atoms with E-state index in [2.05, 4.69) is 78.1 Å². The van der Waals surface area contributed by atoms with E-state index in [0.29, 0.717) is 11.4 Å². The molecule has 21 heavy (non-hydrogen) atoms. The van der Waals surface area contributed by atoms with Crippen molar-refractivity contribution in [3.8, 4) is 0 Å². The Morgan fingerprint density at radius 2 is 1.86 bits per heavy atom. The summed E-state index contributed by atoms with van der Waals surface area (Å²) in [4.78, 5) is 26.9. The second kappa shape index (κ2) is 7.17. The summed E-state index contributed by atoms with van der Waals surface area (Å²) >= 11 is 6.46. The first-order valence-electron chi connectivity index (χ1n) is 5.53. The van der Waals surface area contributed by atoms with Crippen molar-refractivity contribution >= 4 is 85.5 Å². The minimum atomic E-state index is -1.05. The number of aromatic carboxylic acids is 1. The topological polar surface area (TPSA) is 79.3 Å². The van der Waals surface area contributed by atoms with E-state index in [9.17, 15) is 9.59 Å². The molecular weight excluding hydrogens is 613 g/mol. The van der Waals surface area contributed by atoms with E-state index < -0.39 is 5.97 Å². The Balaban J connectivity index is 2.24. The van der Waals surface area contributed by atoms with E-state index in [1.54, 1.807) is 6.07 Å². The highest BCUT2D eigenvalue weighted by Crippen LogP contribution is 2.23. The molecule has 0 fully saturated rings. The summed E-state index contributed by atoms with van der Waals surface area (Å²) in [6, 6.07) is 6.65. The van der Waals surface area contributed by atoms with Crippen molar-refractivity contribution in [1.82, 2.24) is 4.98 Å². The molecule has 0 unspecified atom stereocenters. The minimum absolute atomic E-state index is 0.0754. The van der Waals surface area contributed by atoms with E-state index in [-0.39, 0.29) is 11.5 Å². The first-order valence-corrected chi connectivity index (χ1v) is 8.77. The molecule has 0 saturated carbocycles. The molecule has 0 aliphatic rings. The number of carboxylic acids is 1. The molecule has 1 heterocycles. The average molecular weight is 620 g/mol. The Labute approximate surface area is 161 Å². The molecule has 0 spiro atoms. The standard InChI is InChI=1S/C13H7I3N2O3/c14-7-3-8(11(16)9(15)4-7)12(19)18-10-2-1-6(5-17-10)13(20)21/h1-5H,(H,20,21)(H,17,18,19). The highest BCUT2D eigenvalue weighted by atomic mass is 127. The van der Waals surface area contributed by atoms with Gasteiger partial charge in [0.15, 0.2) is 0 Å². The summed E-state index contributed by atoms with van der Waals surface area (Å²) in [7, 11) is 0. The van der Waals surface area contributed by atoms with E-state index >= 15 is 0 Å². The van der Waals surface area contributed by atoms with Gasteiger partial charge < -0.3 is 10.4 Å². The van der Waals surface area contributed by atoms with Crippen molar-refractivity contribution < 1.29 is 14.7 Å². The molecule has 0 aliphatic heterocycles. The van der Waals surface area contributed by atoms with Gasteiger partial charge in [0, 0.05) is 16.9 Å². The highest BCUT2D eigenvalue weighted by Gasteiger charge is 2.14. The summed E-state index contributed by atoms with van der Waals surface area (Å²) in [6.07, 6.45) is 1.21. The number of hydrogen-bond acceptors (Lipinski definition) is 3. The minimum Gasteiger partial charge on any atom is -0.478 e. The summed E-state index contributed by atoms with van der Waals surface area (Å²) in [5, 5.41) is 11.5. The molecule has 1 aromatic carbocycles. The number of carboxylic acid groups (broad SMARTS) is 1. The van der Waals surface area contributed by atoms with Crippen molar-refractivity contribution in [3.63, 3.8) is 0 Å². The van der Waals surface area contributed by atoms with Crippen LogP contribution < -0.4 is 5.32 Å². The van der Waals surface area contributed by atoms with E-state index in [0.717, 1.165) is 10.7 Å². The molecule has 0 aliphatic carbocycles. The lowest BCUT2D eigenvalue weighted by Crippen LogP contribution is -2.15. The number of benzene rings is 1. The lowest BCUT2D eigenvalue weighted by atomic mass is 10.2. The lowest BCUT2D eigenvalue weighted by Gasteiger charge is -2.08. The molecule has 1 aromatic heterocycles. The van der Waals surface area contributed by atoms with Crippen LogP contribution in [0.15, 0.2) is 30.5 Å². The molecule has 5 nitrogen and oxygen atoms in total. The molecular formula is C13H7I3N2O3. The smallest absolute Gasteiger partial charge is 0.337 e. The molecule has 8 heteroatoms. The maximum absolute atomic E-state index is 12.3. The number of carbonyl (C=O) groups is 2. The van der Waals surface area contributed by atoms with E-state index in [4.69, 9.17) is 5.11 Å². The third-order valence-corrected chi connectivity index (χ3v) is 6.16. The van der Waals surface area contributed by atoms with E-state index in [1.165, 1.54) is 18.3 Å². The second-order valence-corrected chi connectivity index (χ2v) is 7.43. The van der Waals surface area contributed by atoms with Crippen LogP contribution in [0, 0.1) is 10.7 Å². The zero-order chi connectivity index (χ0) is 15.6. The number of hydrogen-bond donors (Lipinski definition) is 2. The molecule has 1 amide bonds. The Kier molecular flexibility index (Phi) is 5.76. The third-order valence-electron chi connectivity index (χ3n) is 2.49. The van der Waals surface area contributed by atoms with E-state index in [1.807, 2.05) is 6.07 Å². The summed E-state index contributed by atoms with van der Waals surface area (Å²) < 4.78 is 2.84. The zero-order valence-corrected chi connectivity index (χ0v) is 16.7. The van der Waals surface area contributed by atoms with Crippen molar-refractivity contribution in [1.29, 1.82) is 0 Å². The number of rotatable bonds is 3. The highest BCUT2D eigenvalue weighted by molar-refractivity contribution is 14.1. The summed E-state index contributed by atoms with van der Waals surface area (Å²) in [6.45, 7) is 0. The fourth-order valence-corrected chi connectivity index (χ4v) is 3.90. The quantitative estimate of drug-likeness (QED) is 0.404. The van der Waals surface area contributed by atoms with Gasteiger partial charge in [0.1, 0.15) is 5.82 Å². The molecule has 0 bridgehead atoms. The molecule has 0 radical (unpaired) electrons. The van der Waals surface area contributed by atoms with Crippen LogP contribution in [0.4, 0.5) is 5.82 Å². The largest absolute Gasteiger partial charge is 0.478 e. The summed E-state index contributed by atoms with van der Waals surface area (Å²) in [5.74, 6) is -1.01. The van der Waals surface area contributed by atoms with Crippen LogP contribution >= 0.6 is 67.8 Å². The predicted molar refractivity (Wildman–Crippen MR) is 104 cm³/mol. The second-order valence-electron chi connectivity index (χ2n) is 3.94. The Bertz CT molecular complexity index is 717. The Morgan fingerprint density at radius 1 is 1.14 bits per heavy atom. The first kappa shape index (κ1) is 16.9. The maximum Gasteiger partial charge on any atom is 0.337 e. The van der Waals surface area contributed by atoms with Crippen LogP contribution in [0.5, 0.6) is 0 Å². The van der Waals surface area contributed by atoms with Gasteiger partial charge in [-0.2, -0.15) is 0 Å². The van der Waals surface area contributed by atoms with Gasteiger partial charge in [-0.05, 0) is 92.0 Å². The number of amides is 1. The number of aromatic nitrogens is 1. The molecule has 0 saturated heterocycles. The van der Waals surface area contributed by atoms with Crippen molar-refractivity contribution in [2.24, 2.45) is 0 Å². The molecule has 2 rings (SSSR count). The number of pyridine rings is 1. The number of nitrogens with zero attached hydrogens (tertiary/aromatic N) is 1. The fourth-order valence-electron chi connectivity index (χ4n) is 1.50. The molecule has 108 valence electrons. The fraction of sp³-hybridized carbons (Fsp3) is 0. The van der Waals surface area contributed by atoms with Crippen molar-refractivity contribution in [3.05, 3.63) is 52.3 Å². The van der Waals surface area contributed by atoms with Gasteiger partial charge >= 0.3 is 5.97 Å². The normalized spacial score (nSPS) is 10.2. The van der Waals surface area contributed by atoms with Gasteiger partial charge in [-0.3, -0.25) is 4.79 Å². The van der Waals surface area contributed by atoms with Crippen molar-refractivity contribution in [2.45, 2.75) is 0 Å². The molecule has 2 aromatic rings. The van der Waals surface area contributed by atoms with Gasteiger partial charge in [0.25, 0.3) is 5.91 Å². The Morgan fingerprint density at radius 3 is 2.43 bits per heavy atom.